The van der Waals surface area contributed by atoms with Gasteiger partial charge in [0.15, 0.2) is 0 Å². The largest absolute Gasteiger partial charge is 0.351 e. The van der Waals surface area contributed by atoms with Crippen molar-refractivity contribution in [1.82, 2.24) is 10.2 Å². The van der Waals surface area contributed by atoms with E-state index in [-0.39, 0.29) is 17.4 Å². The van der Waals surface area contributed by atoms with Crippen molar-refractivity contribution >= 4 is 5.91 Å². The van der Waals surface area contributed by atoms with Gasteiger partial charge < -0.3 is 16.0 Å². The Bertz CT molecular complexity index is 204. The van der Waals surface area contributed by atoms with Crippen LogP contribution in [-0.4, -0.2) is 42.5 Å². The van der Waals surface area contributed by atoms with Gasteiger partial charge in [0, 0.05) is 31.7 Å². The van der Waals surface area contributed by atoms with E-state index in [0.717, 1.165) is 19.6 Å². The summed E-state index contributed by atoms with van der Waals surface area (Å²) in [4.78, 5) is 13.8. The third-order valence-corrected chi connectivity index (χ3v) is 2.27. The van der Waals surface area contributed by atoms with Crippen molar-refractivity contribution in [3.63, 3.8) is 0 Å². The van der Waals surface area contributed by atoms with Gasteiger partial charge in [-0.3, -0.25) is 4.79 Å². The van der Waals surface area contributed by atoms with Crippen LogP contribution in [0.25, 0.3) is 0 Å². The van der Waals surface area contributed by atoms with E-state index in [2.05, 4.69) is 10.2 Å². The fourth-order valence-corrected chi connectivity index (χ4v) is 1.57. The maximum Gasteiger partial charge on any atom is 0.226 e. The summed E-state index contributed by atoms with van der Waals surface area (Å²) < 4.78 is 0. The minimum Gasteiger partial charge on any atom is -0.351 e. The van der Waals surface area contributed by atoms with Gasteiger partial charge in [-0.05, 0) is 20.8 Å². The van der Waals surface area contributed by atoms with E-state index < -0.39 is 0 Å². The van der Waals surface area contributed by atoms with Crippen molar-refractivity contribution in [2.45, 2.75) is 26.3 Å². The van der Waals surface area contributed by atoms with Crippen LogP contribution in [0.2, 0.25) is 0 Å². The molecule has 0 bridgehead atoms. The van der Waals surface area contributed by atoms with Gasteiger partial charge in [0.2, 0.25) is 5.91 Å². The number of carbonyl (C=O) groups is 1. The molecule has 0 saturated carbocycles. The Morgan fingerprint density at radius 3 is 2.50 bits per heavy atom. The van der Waals surface area contributed by atoms with Crippen molar-refractivity contribution in [2.24, 2.45) is 11.7 Å². The van der Waals surface area contributed by atoms with Crippen LogP contribution in [0, 0.1) is 5.92 Å². The Morgan fingerprint density at radius 1 is 1.50 bits per heavy atom. The predicted octanol–water partition coefficient (Wildman–Crippen LogP) is -0.208. The first-order valence-electron chi connectivity index (χ1n) is 5.17. The lowest BCUT2D eigenvalue weighted by atomic mass is 9.97. The molecule has 1 aliphatic rings. The standard InChI is InChI=1S/C10H21N3O/c1-10(2,3)12-9(14)8-6-13(7-8)5-4-11/h8H,4-7,11H2,1-3H3,(H,12,14). The highest BCUT2D eigenvalue weighted by Crippen LogP contribution is 2.15. The van der Waals surface area contributed by atoms with E-state index in [1.165, 1.54) is 0 Å². The molecule has 1 saturated heterocycles. The van der Waals surface area contributed by atoms with Gasteiger partial charge in [0.25, 0.3) is 0 Å². The molecule has 4 heteroatoms. The highest BCUT2D eigenvalue weighted by molar-refractivity contribution is 5.80. The second kappa shape index (κ2) is 4.28. The molecule has 0 aromatic rings. The van der Waals surface area contributed by atoms with Crippen LogP contribution < -0.4 is 11.1 Å². The molecule has 0 aliphatic carbocycles. The lowest BCUT2D eigenvalue weighted by Gasteiger charge is -2.39. The summed E-state index contributed by atoms with van der Waals surface area (Å²) in [5, 5.41) is 2.99. The van der Waals surface area contributed by atoms with E-state index in [1.54, 1.807) is 0 Å². The molecule has 0 aromatic carbocycles. The van der Waals surface area contributed by atoms with Gasteiger partial charge in [-0.2, -0.15) is 0 Å². The summed E-state index contributed by atoms with van der Waals surface area (Å²) in [7, 11) is 0. The molecule has 1 aliphatic heterocycles. The fourth-order valence-electron chi connectivity index (χ4n) is 1.57. The second-order valence-corrected chi connectivity index (χ2v) is 4.98. The number of nitrogens with zero attached hydrogens (tertiary/aromatic N) is 1. The molecule has 0 radical (unpaired) electrons. The highest BCUT2D eigenvalue weighted by Gasteiger charge is 2.33. The molecular weight excluding hydrogens is 178 g/mol. The summed E-state index contributed by atoms with van der Waals surface area (Å²) in [6, 6.07) is 0. The lowest BCUT2D eigenvalue weighted by molar-refractivity contribution is -0.131. The van der Waals surface area contributed by atoms with Crippen LogP contribution in [0.15, 0.2) is 0 Å². The Balaban J connectivity index is 2.23. The first-order valence-corrected chi connectivity index (χ1v) is 5.17. The molecule has 1 heterocycles. The average Bonchev–Trinajstić information content (AvgIpc) is 1.91. The number of nitrogens with one attached hydrogen (secondary N) is 1. The molecule has 82 valence electrons. The number of rotatable bonds is 3. The molecule has 0 unspecified atom stereocenters. The van der Waals surface area contributed by atoms with E-state index >= 15 is 0 Å². The lowest BCUT2D eigenvalue weighted by Crippen LogP contribution is -2.57. The maximum absolute atomic E-state index is 11.6. The Kier molecular flexibility index (Phi) is 3.50. The molecule has 0 atom stereocenters. The number of likely N-dealkylation sites (tertiary alicyclic amines) is 1. The van der Waals surface area contributed by atoms with E-state index in [0.29, 0.717) is 6.54 Å². The molecule has 1 rings (SSSR count). The number of hydrogen-bond donors (Lipinski definition) is 2. The fraction of sp³-hybridized carbons (Fsp3) is 0.900. The second-order valence-electron chi connectivity index (χ2n) is 4.98. The Hall–Kier alpha value is -0.610. The zero-order valence-corrected chi connectivity index (χ0v) is 9.34. The van der Waals surface area contributed by atoms with E-state index in [9.17, 15) is 4.79 Å². The van der Waals surface area contributed by atoms with Gasteiger partial charge in [-0.1, -0.05) is 0 Å². The normalized spacial score (nSPS) is 19.1. The summed E-state index contributed by atoms with van der Waals surface area (Å²) in [6.07, 6.45) is 0. The Labute approximate surface area is 85.8 Å². The van der Waals surface area contributed by atoms with Crippen LogP contribution >= 0.6 is 0 Å². The SMILES string of the molecule is CC(C)(C)NC(=O)C1CN(CCN)C1. The first-order chi connectivity index (χ1) is 6.42. The third-order valence-electron chi connectivity index (χ3n) is 2.27. The number of amides is 1. The molecule has 0 aromatic heterocycles. The molecule has 1 fully saturated rings. The van der Waals surface area contributed by atoms with Gasteiger partial charge in [0.05, 0.1) is 5.92 Å². The monoisotopic (exact) mass is 199 g/mol. The number of carbonyl (C=O) groups excluding carboxylic acids is 1. The molecule has 3 N–H and O–H groups in total. The van der Waals surface area contributed by atoms with Crippen molar-refractivity contribution in [2.75, 3.05) is 26.2 Å². The topological polar surface area (TPSA) is 58.4 Å². The minimum absolute atomic E-state index is 0.120. The van der Waals surface area contributed by atoms with Crippen molar-refractivity contribution in [3.05, 3.63) is 0 Å². The van der Waals surface area contributed by atoms with Gasteiger partial charge >= 0.3 is 0 Å². The highest BCUT2D eigenvalue weighted by atomic mass is 16.2. The number of nitrogens with two attached hydrogens (primary N) is 1. The summed E-state index contributed by atoms with van der Waals surface area (Å²) in [5.74, 6) is 0.339. The first kappa shape index (κ1) is 11.5. The van der Waals surface area contributed by atoms with Crippen molar-refractivity contribution < 1.29 is 4.79 Å². The third kappa shape index (κ3) is 3.27. The van der Waals surface area contributed by atoms with Gasteiger partial charge in [-0.15, -0.1) is 0 Å². The predicted molar refractivity (Wildman–Crippen MR) is 56.9 cm³/mol. The van der Waals surface area contributed by atoms with E-state index in [4.69, 9.17) is 5.73 Å². The van der Waals surface area contributed by atoms with Gasteiger partial charge in [-0.25, -0.2) is 0 Å². The van der Waals surface area contributed by atoms with E-state index in [1.807, 2.05) is 20.8 Å². The van der Waals surface area contributed by atoms with Crippen LogP contribution in [0.4, 0.5) is 0 Å². The number of hydrogen-bond acceptors (Lipinski definition) is 3. The van der Waals surface area contributed by atoms with Crippen LogP contribution in [0.3, 0.4) is 0 Å². The summed E-state index contributed by atoms with van der Waals surface area (Å²) >= 11 is 0. The summed E-state index contributed by atoms with van der Waals surface area (Å²) in [5.41, 5.74) is 5.30. The Morgan fingerprint density at radius 2 is 2.07 bits per heavy atom. The van der Waals surface area contributed by atoms with Crippen molar-refractivity contribution in [1.29, 1.82) is 0 Å². The maximum atomic E-state index is 11.6. The van der Waals surface area contributed by atoms with Crippen LogP contribution in [0.5, 0.6) is 0 Å². The smallest absolute Gasteiger partial charge is 0.226 e. The molecular formula is C10H21N3O. The average molecular weight is 199 g/mol. The van der Waals surface area contributed by atoms with Crippen LogP contribution in [-0.2, 0) is 4.79 Å². The van der Waals surface area contributed by atoms with Gasteiger partial charge in [0.1, 0.15) is 0 Å². The zero-order chi connectivity index (χ0) is 10.8. The molecule has 14 heavy (non-hydrogen) atoms. The van der Waals surface area contributed by atoms with Crippen LogP contribution in [0.1, 0.15) is 20.8 Å². The summed E-state index contributed by atoms with van der Waals surface area (Å²) in [6.45, 7) is 9.30. The molecule has 4 nitrogen and oxygen atoms in total. The zero-order valence-electron chi connectivity index (χ0n) is 9.34. The quantitative estimate of drug-likeness (QED) is 0.661. The van der Waals surface area contributed by atoms with Crippen molar-refractivity contribution in [3.8, 4) is 0 Å². The molecule has 0 spiro atoms. The minimum atomic E-state index is -0.120. The molecule has 1 amide bonds.